The van der Waals surface area contributed by atoms with Crippen molar-refractivity contribution < 1.29 is 16.9 Å². The Bertz CT molecular complexity index is 527. The van der Waals surface area contributed by atoms with Crippen LogP contribution in [0.3, 0.4) is 0 Å². The number of quaternary nitrogens is 1. The minimum atomic E-state index is 0. The van der Waals surface area contributed by atoms with Gasteiger partial charge >= 0.3 is 0 Å². The third-order valence-corrected chi connectivity index (χ3v) is 7.70. The first-order chi connectivity index (χ1) is 16.1. The molecule has 0 bridgehead atoms. The van der Waals surface area contributed by atoms with Crippen molar-refractivity contribution in [2.45, 2.75) is 148 Å². The number of hydrogen-bond acceptors (Lipinski definition) is 0. The standard InChI is InChI=1S/C32H60N.ClH/c1-5-7-9-10-11-12-13-14-15-16-17-18-19-20-21-25-29-32(31-27-23-22-24-28-31)33(3,4)30-26-8-6-2;/h22-24,27-28,32H,5-21,25-26,29-30H2,1-4H3;1H/q+1;/p-1. The van der Waals surface area contributed by atoms with Gasteiger partial charge in [-0.05, 0) is 19.3 Å². The van der Waals surface area contributed by atoms with E-state index in [1.807, 2.05) is 0 Å². The van der Waals surface area contributed by atoms with Gasteiger partial charge in [0.25, 0.3) is 0 Å². The molecule has 1 nitrogen and oxygen atoms in total. The molecule has 1 rings (SSSR count). The zero-order chi connectivity index (χ0) is 24.0. The molecule has 1 aromatic rings. The van der Waals surface area contributed by atoms with Crippen LogP contribution in [0.25, 0.3) is 0 Å². The second-order valence-electron chi connectivity index (χ2n) is 11.2. The lowest BCUT2D eigenvalue weighted by atomic mass is 9.96. The Balaban J connectivity index is 0.0000109. The Morgan fingerprint density at radius 3 is 1.35 bits per heavy atom. The number of unbranched alkanes of at least 4 members (excludes halogenated alkanes) is 17. The van der Waals surface area contributed by atoms with Gasteiger partial charge in [-0.15, -0.1) is 0 Å². The molecule has 0 aromatic heterocycles. The molecule has 0 aliphatic heterocycles. The summed E-state index contributed by atoms with van der Waals surface area (Å²) in [5.41, 5.74) is 1.54. The molecule has 0 heterocycles. The van der Waals surface area contributed by atoms with E-state index in [0.717, 1.165) is 4.48 Å². The van der Waals surface area contributed by atoms with Gasteiger partial charge in [-0.1, -0.05) is 147 Å². The van der Waals surface area contributed by atoms with E-state index in [0.29, 0.717) is 6.04 Å². The molecule has 34 heavy (non-hydrogen) atoms. The Labute approximate surface area is 221 Å². The van der Waals surface area contributed by atoms with Crippen molar-refractivity contribution in [1.82, 2.24) is 0 Å². The van der Waals surface area contributed by atoms with E-state index in [9.17, 15) is 0 Å². The molecule has 2 heteroatoms. The number of halogens is 1. The molecular weight excluding hydrogens is 434 g/mol. The summed E-state index contributed by atoms with van der Waals surface area (Å²) in [7, 11) is 4.92. The first-order valence-corrected chi connectivity index (χ1v) is 15.0. The highest BCUT2D eigenvalue weighted by Crippen LogP contribution is 2.31. The van der Waals surface area contributed by atoms with Crippen LogP contribution >= 0.6 is 0 Å². The smallest absolute Gasteiger partial charge is 0.114 e. The SMILES string of the molecule is CCCCCCCCCCCCCCCCCCC(c1ccccc1)[N+](C)(C)CCCCC.[Cl-]. The summed E-state index contributed by atoms with van der Waals surface area (Å²) in [6.07, 6.45) is 28.5. The average Bonchev–Trinajstić information content (AvgIpc) is 2.81. The van der Waals surface area contributed by atoms with Crippen molar-refractivity contribution >= 4 is 0 Å². The number of rotatable bonds is 23. The van der Waals surface area contributed by atoms with Crippen LogP contribution in [0.2, 0.25) is 0 Å². The molecular formula is C32H60ClN. The highest BCUT2D eigenvalue weighted by atomic mass is 35.5. The lowest BCUT2D eigenvalue weighted by Gasteiger charge is -2.39. The molecule has 0 spiro atoms. The van der Waals surface area contributed by atoms with E-state index in [2.05, 4.69) is 58.3 Å². The molecule has 0 N–H and O–H groups in total. The number of hydrogen-bond donors (Lipinski definition) is 0. The summed E-state index contributed by atoms with van der Waals surface area (Å²) < 4.78 is 1.14. The largest absolute Gasteiger partial charge is 1.00 e. The fourth-order valence-corrected chi connectivity index (χ4v) is 5.41. The van der Waals surface area contributed by atoms with Crippen LogP contribution in [0.1, 0.15) is 154 Å². The average molecular weight is 494 g/mol. The Morgan fingerprint density at radius 2 is 0.912 bits per heavy atom. The van der Waals surface area contributed by atoms with Crippen LogP contribution in [0.5, 0.6) is 0 Å². The summed E-state index contributed by atoms with van der Waals surface area (Å²) in [5.74, 6) is 0. The lowest BCUT2D eigenvalue weighted by Crippen LogP contribution is -3.00. The zero-order valence-electron chi connectivity index (χ0n) is 23.6. The monoisotopic (exact) mass is 493 g/mol. The van der Waals surface area contributed by atoms with Gasteiger partial charge in [-0.2, -0.15) is 0 Å². The van der Waals surface area contributed by atoms with Gasteiger partial charge in [0.05, 0.1) is 20.6 Å². The van der Waals surface area contributed by atoms with Crippen LogP contribution in [-0.2, 0) is 0 Å². The molecule has 0 saturated carbocycles. The molecule has 200 valence electrons. The molecule has 1 unspecified atom stereocenters. The van der Waals surface area contributed by atoms with Gasteiger partial charge in [0.15, 0.2) is 0 Å². The maximum atomic E-state index is 2.46. The van der Waals surface area contributed by atoms with Crippen molar-refractivity contribution in [2.75, 3.05) is 20.6 Å². The Hall–Kier alpha value is -0.530. The van der Waals surface area contributed by atoms with Crippen molar-refractivity contribution in [3.05, 3.63) is 35.9 Å². The van der Waals surface area contributed by atoms with Crippen LogP contribution in [0.15, 0.2) is 30.3 Å². The zero-order valence-corrected chi connectivity index (χ0v) is 24.4. The fourth-order valence-electron chi connectivity index (χ4n) is 5.41. The molecule has 0 aliphatic rings. The van der Waals surface area contributed by atoms with Crippen LogP contribution in [0.4, 0.5) is 0 Å². The number of nitrogens with zero attached hydrogens (tertiary/aromatic N) is 1. The summed E-state index contributed by atoms with van der Waals surface area (Å²) in [5, 5.41) is 0. The third-order valence-electron chi connectivity index (χ3n) is 7.70. The predicted molar refractivity (Wildman–Crippen MR) is 150 cm³/mol. The highest BCUT2D eigenvalue weighted by molar-refractivity contribution is 5.17. The molecule has 1 atom stereocenters. The predicted octanol–water partition coefficient (Wildman–Crippen LogP) is 7.65. The van der Waals surface area contributed by atoms with Crippen LogP contribution in [-0.4, -0.2) is 25.1 Å². The van der Waals surface area contributed by atoms with Gasteiger partial charge in [-0.3, -0.25) is 0 Å². The fraction of sp³-hybridized carbons (Fsp3) is 0.812. The van der Waals surface area contributed by atoms with Gasteiger partial charge in [0.1, 0.15) is 6.04 Å². The summed E-state index contributed by atoms with van der Waals surface area (Å²) in [4.78, 5) is 0. The first-order valence-electron chi connectivity index (χ1n) is 15.0. The third kappa shape index (κ3) is 17.0. The van der Waals surface area contributed by atoms with E-state index in [4.69, 9.17) is 0 Å². The lowest BCUT2D eigenvalue weighted by molar-refractivity contribution is -0.921. The van der Waals surface area contributed by atoms with E-state index in [1.165, 1.54) is 135 Å². The van der Waals surface area contributed by atoms with Crippen LogP contribution in [0, 0.1) is 0 Å². The maximum Gasteiger partial charge on any atom is 0.114 e. The van der Waals surface area contributed by atoms with E-state index in [-0.39, 0.29) is 12.4 Å². The molecule has 0 radical (unpaired) electrons. The second kappa shape index (κ2) is 22.9. The molecule has 0 amide bonds. The van der Waals surface area contributed by atoms with Crippen LogP contribution < -0.4 is 12.4 Å². The van der Waals surface area contributed by atoms with Gasteiger partial charge in [0, 0.05) is 12.0 Å². The minimum Gasteiger partial charge on any atom is -1.00 e. The van der Waals surface area contributed by atoms with Gasteiger partial charge in [-0.25, -0.2) is 0 Å². The summed E-state index contributed by atoms with van der Waals surface area (Å²) in [6, 6.07) is 12.0. The normalized spacial score (nSPS) is 12.5. The van der Waals surface area contributed by atoms with E-state index < -0.39 is 0 Å². The molecule has 0 saturated heterocycles. The quantitative estimate of drug-likeness (QED) is 0.108. The summed E-state index contributed by atoms with van der Waals surface area (Å²) >= 11 is 0. The van der Waals surface area contributed by atoms with Gasteiger partial charge in [0.2, 0.25) is 0 Å². The van der Waals surface area contributed by atoms with Gasteiger partial charge < -0.3 is 16.9 Å². The van der Waals surface area contributed by atoms with Crippen molar-refractivity contribution in [2.24, 2.45) is 0 Å². The van der Waals surface area contributed by atoms with Crippen molar-refractivity contribution in [3.63, 3.8) is 0 Å². The highest BCUT2D eigenvalue weighted by Gasteiger charge is 2.28. The topological polar surface area (TPSA) is 0 Å². The number of benzene rings is 1. The van der Waals surface area contributed by atoms with E-state index in [1.54, 1.807) is 5.56 Å². The van der Waals surface area contributed by atoms with Crippen molar-refractivity contribution in [3.8, 4) is 0 Å². The Morgan fingerprint density at radius 1 is 0.529 bits per heavy atom. The minimum absolute atomic E-state index is 0. The molecule has 0 aliphatic carbocycles. The second-order valence-corrected chi connectivity index (χ2v) is 11.2. The first kappa shape index (κ1) is 33.5. The maximum absolute atomic E-state index is 2.46. The van der Waals surface area contributed by atoms with Crippen molar-refractivity contribution in [1.29, 1.82) is 0 Å². The summed E-state index contributed by atoms with van der Waals surface area (Å²) in [6.45, 7) is 5.91. The van der Waals surface area contributed by atoms with E-state index >= 15 is 0 Å². The Kier molecular flexibility index (Phi) is 22.5. The molecule has 1 aromatic carbocycles. The molecule has 0 fully saturated rings.